The minimum atomic E-state index is -3.50. The molecule has 0 amide bonds. The van der Waals surface area contributed by atoms with Crippen molar-refractivity contribution >= 4 is 10.0 Å². The minimum absolute atomic E-state index is 0.190. The van der Waals surface area contributed by atoms with Gasteiger partial charge in [0.2, 0.25) is 10.0 Å². The number of fused-ring (bicyclic) bond motifs is 1. The van der Waals surface area contributed by atoms with Crippen molar-refractivity contribution in [3.8, 4) is 5.75 Å². The Balaban J connectivity index is 1.91. The Bertz CT molecular complexity index is 584. The first kappa shape index (κ1) is 12.9. The van der Waals surface area contributed by atoms with Crippen molar-refractivity contribution in [3.63, 3.8) is 0 Å². The molecule has 2 aliphatic rings. The van der Waals surface area contributed by atoms with Crippen molar-refractivity contribution in [1.82, 2.24) is 4.31 Å². The fraction of sp³-hybridized carbons (Fsp3) is 0.538. The van der Waals surface area contributed by atoms with Crippen LogP contribution in [0.1, 0.15) is 18.4 Å². The molecule has 5 nitrogen and oxygen atoms in total. The van der Waals surface area contributed by atoms with E-state index < -0.39 is 16.1 Å². The van der Waals surface area contributed by atoms with E-state index >= 15 is 0 Å². The van der Waals surface area contributed by atoms with Gasteiger partial charge in [-0.15, -0.1) is 0 Å². The second-order valence-corrected chi connectivity index (χ2v) is 6.97. The van der Waals surface area contributed by atoms with Crippen molar-refractivity contribution in [2.45, 2.75) is 30.3 Å². The number of β-amino-alcohol motifs (C(OH)–C–C–N with tert-alkyl or cyclic N) is 1. The lowest BCUT2D eigenvalue weighted by Gasteiger charge is -2.29. The zero-order chi connectivity index (χ0) is 13.5. The van der Waals surface area contributed by atoms with Gasteiger partial charge in [0.25, 0.3) is 0 Å². The maximum atomic E-state index is 12.5. The molecule has 19 heavy (non-hydrogen) atoms. The molecule has 1 atom stereocenters. The SMILES string of the molecule is O=S(=O)(c1ccc2c(c1)CCO2)N1CCCC(O)C1. The van der Waals surface area contributed by atoms with E-state index in [1.807, 2.05) is 0 Å². The molecule has 0 aliphatic carbocycles. The van der Waals surface area contributed by atoms with Crippen LogP contribution in [0.15, 0.2) is 23.1 Å². The molecule has 0 saturated carbocycles. The first-order valence-electron chi connectivity index (χ1n) is 6.51. The van der Waals surface area contributed by atoms with E-state index in [4.69, 9.17) is 4.74 Å². The molecule has 6 heteroatoms. The number of aliphatic hydroxyl groups is 1. The number of hydrogen-bond donors (Lipinski definition) is 1. The third kappa shape index (κ3) is 2.35. The lowest BCUT2D eigenvalue weighted by Crippen LogP contribution is -2.42. The molecule has 0 aromatic heterocycles. The molecule has 1 saturated heterocycles. The average Bonchev–Trinajstić information content (AvgIpc) is 2.85. The predicted molar refractivity (Wildman–Crippen MR) is 69.6 cm³/mol. The van der Waals surface area contributed by atoms with Gasteiger partial charge >= 0.3 is 0 Å². The predicted octanol–water partition coefficient (Wildman–Crippen LogP) is 0.767. The molecule has 1 aromatic carbocycles. The number of hydrogen-bond acceptors (Lipinski definition) is 4. The van der Waals surface area contributed by atoms with Crippen molar-refractivity contribution < 1.29 is 18.3 Å². The summed E-state index contributed by atoms with van der Waals surface area (Å²) >= 11 is 0. The standard InChI is InChI=1S/C13H17NO4S/c15-11-2-1-6-14(9-11)19(16,17)12-3-4-13-10(8-12)5-7-18-13/h3-4,8,11,15H,1-2,5-7,9H2. The molecule has 3 rings (SSSR count). The number of ether oxygens (including phenoxy) is 1. The zero-order valence-electron chi connectivity index (χ0n) is 10.6. The van der Waals surface area contributed by atoms with Crippen LogP contribution in [0.3, 0.4) is 0 Å². The number of sulfonamides is 1. The topological polar surface area (TPSA) is 66.8 Å². The number of rotatable bonds is 2. The monoisotopic (exact) mass is 283 g/mol. The van der Waals surface area contributed by atoms with Crippen molar-refractivity contribution in [2.24, 2.45) is 0 Å². The summed E-state index contributed by atoms with van der Waals surface area (Å²) in [6, 6.07) is 4.99. The highest BCUT2D eigenvalue weighted by molar-refractivity contribution is 7.89. The molecule has 2 aliphatic heterocycles. The van der Waals surface area contributed by atoms with E-state index in [9.17, 15) is 13.5 Å². The van der Waals surface area contributed by atoms with E-state index in [2.05, 4.69) is 0 Å². The Morgan fingerprint density at radius 3 is 3.00 bits per heavy atom. The second kappa shape index (κ2) is 4.77. The molecule has 1 unspecified atom stereocenters. The maximum Gasteiger partial charge on any atom is 0.243 e. The largest absolute Gasteiger partial charge is 0.493 e. The molecule has 0 bridgehead atoms. The van der Waals surface area contributed by atoms with Gasteiger partial charge in [-0.1, -0.05) is 0 Å². The van der Waals surface area contributed by atoms with Crippen LogP contribution in [0.5, 0.6) is 5.75 Å². The molecule has 1 fully saturated rings. The lowest BCUT2D eigenvalue weighted by atomic mass is 10.1. The first-order valence-corrected chi connectivity index (χ1v) is 7.95. The Kier molecular flexibility index (Phi) is 3.24. The second-order valence-electron chi connectivity index (χ2n) is 5.03. The van der Waals surface area contributed by atoms with Gasteiger partial charge in [-0.25, -0.2) is 8.42 Å². The fourth-order valence-corrected chi connectivity index (χ4v) is 4.18. The Labute approximate surface area is 112 Å². The van der Waals surface area contributed by atoms with Crippen molar-refractivity contribution in [2.75, 3.05) is 19.7 Å². The zero-order valence-corrected chi connectivity index (χ0v) is 11.4. The van der Waals surface area contributed by atoms with Crippen LogP contribution in [-0.4, -0.2) is 43.6 Å². The number of piperidine rings is 1. The van der Waals surface area contributed by atoms with Crippen LogP contribution in [0.2, 0.25) is 0 Å². The van der Waals surface area contributed by atoms with Crippen LogP contribution in [0.25, 0.3) is 0 Å². The normalized spacial score (nSPS) is 23.9. The highest BCUT2D eigenvalue weighted by Crippen LogP contribution is 2.29. The van der Waals surface area contributed by atoms with E-state index in [1.165, 1.54) is 4.31 Å². The van der Waals surface area contributed by atoms with E-state index in [0.717, 1.165) is 17.7 Å². The summed E-state index contributed by atoms with van der Waals surface area (Å²) in [5.74, 6) is 0.776. The quantitative estimate of drug-likeness (QED) is 0.870. The average molecular weight is 283 g/mol. The summed E-state index contributed by atoms with van der Waals surface area (Å²) < 4.78 is 31.8. The van der Waals surface area contributed by atoms with Crippen molar-refractivity contribution in [1.29, 1.82) is 0 Å². The molecule has 0 radical (unpaired) electrons. The molecular formula is C13H17NO4S. The van der Waals surface area contributed by atoms with Crippen LogP contribution in [-0.2, 0) is 16.4 Å². The Morgan fingerprint density at radius 1 is 1.37 bits per heavy atom. The highest BCUT2D eigenvalue weighted by atomic mass is 32.2. The van der Waals surface area contributed by atoms with E-state index in [-0.39, 0.29) is 6.54 Å². The minimum Gasteiger partial charge on any atom is -0.493 e. The smallest absolute Gasteiger partial charge is 0.243 e. The Morgan fingerprint density at radius 2 is 2.21 bits per heavy atom. The van der Waals surface area contributed by atoms with Crippen LogP contribution >= 0.6 is 0 Å². The third-order valence-corrected chi connectivity index (χ3v) is 5.52. The summed E-state index contributed by atoms with van der Waals surface area (Å²) in [6.45, 7) is 1.28. The number of aliphatic hydroxyl groups excluding tert-OH is 1. The molecule has 2 heterocycles. The Hall–Kier alpha value is -1.11. The van der Waals surface area contributed by atoms with Gasteiger partial charge in [0.15, 0.2) is 0 Å². The third-order valence-electron chi connectivity index (χ3n) is 3.66. The molecule has 1 aromatic rings. The summed E-state index contributed by atoms with van der Waals surface area (Å²) in [4.78, 5) is 0.297. The van der Waals surface area contributed by atoms with Gasteiger partial charge in [-0.2, -0.15) is 4.31 Å². The van der Waals surface area contributed by atoms with Crippen LogP contribution < -0.4 is 4.74 Å². The summed E-state index contributed by atoms with van der Waals surface area (Å²) in [6.07, 6.45) is 1.57. The summed E-state index contributed by atoms with van der Waals surface area (Å²) in [5, 5.41) is 9.62. The van der Waals surface area contributed by atoms with Gasteiger partial charge in [0.1, 0.15) is 5.75 Å². The number of benzene rings is 1. The van der Waals surface area contributed by atoms with E-state index in [0.29, 0.717) is 30.9 Å². The van der Waals surface area contributed by atoms with Gasteiger partial charge in [-0.3, -0.25) is 0 Å². The molecular weight excluding hydrogens is 266 g/mol. The summed E-state index contributed by atoms with van der Waals surface area (Å²) in [7, 11) is -3.50. The van der Waals surface area contributed by atoms with Crippen molar-refractivity contribution in [3.05, 3.63) is 23.8 Å². The fourth-order valence-electron chi connectivity index (χ4n) is 2.61. The van der Waals surface area contributed by atoms with Gasteiger partial charge < -0.3 is 9.84 Å². The molecule has 1 N–H and O–H groups in total. The number of nitrogens with zero attached hydrogens (tertiary/aromatic N) is 1. The van der Waals surface area contributed by atoms with Crippen LogP contribution in [0, 0.1) is 0 Å². The lowest BCUT2D eigenvalue weighted by molar-refractivity contribution is 0.108. The molecule has 104 valence electrons. The van der Waals surface area contributed by atoms with E-state index in [1.54, 1.807) is 18.2 Å². The summed E-state index contributed by atoms with van der Waals surface area (Å²) in [5.41, 5.74) is 0.943. The van der Waals surface area contributed by atoms with Gasteiger partial charge in [0, 0.05) is 19.5 Å². The van der Waals surface area contributed by atoms with Gasteiger partial charge in [0.05, 0.1) is 17.6 Å². The van der Waals surface area contributed by atoms with Gasteiger partial charge in [-0.05, 0) is 36.6 Å². The van der Waals surface area contributed by atoms with Crippen LogP contribution in [0.4, 0.5) is 0 Å². The first-order chi connectivity index (χ1) is 9.07. The highest BCUT2D eigenvalue weighted by Gasteiger charge is 2.30. The molecule has 0 spiro atoms. The maximum absolute atomic E-state index is 12.5.